The fourth-order valence-electron chi connectivity index (χ4n) is 3.93. The SMILES string of the molecule is C[C@@H]1OC(O)[C@H](O)[C@H](O)[C@H]1O[C@@H]1O[C@H](CO[C@@H]2O[C@H](CO)[C@H](O)[C@H](O)[C@H]2O)[C@H](O)[C@H](O)[C@H]1O. The lowest BCUT2D eigenvalue weighted by atomic mass is 9.97. The molecule has 0 spiro atoms. The third-order valence-corrected chi connectivity index (χ3v) is 6.03. The highest BCUT2D eigenvalue weighted by molar-refractivity contribution is 4.94. The minimum absolute atomic E-state index is 0.561. The van der Waals surface area contributed by atoms with Crippen molar-refractivity contribution in [2.24, 2.45) is 0 Å². The zero-order valence-corrected chi connectivity index (χ0v) is 17.6. The molecule has 3 saturated heterocycles. The van der Waals surface area contributed by atoms with Gasteiger partial charge in [-0.1, -0.05) is 0 Å². The highest BCUT2D eigenvalue weighted by atomic mass is 16.7. The number of hydrogen-bond acceptors (Lipinski definition) is 15. The molecule has 0 aromatic carbocycles. The quantitative estimate of drug-likeness (QED) is 0.167. The van der Waals surface area contributed by atoms with Gasteiger partial charge in [0.05, 0.1) is 19.3 Å². The van der Waals surface area contributed by atoms with Crippen LogP contribution in [0.15, 0.2) is 0 Å². The molecule has 3 aliphatic heterocycles. The van der Waals surface area contributed by atoms with E-state index in [1.165, 1.54) is 6.92 Å². The first-order valence-corrected chi connectivity index (χ1v) is 10.4. The number of ether oxygens (including phenoxy) is 5. The summed E-state index contributed by atoms with van der Waals surface area (Å²) in [5.74, 6) is 0. The van der Waals surface area contributed by atoms with E-state index in [1.54, 1.807) is 0 Å². The predicted octanol–water partition coefficient (Wildman–Crippen LogP) is -6.55. The number of rotatable bonds is 6. The van der Waals surface area contributed by atoms with E-state index in [-0.39, 0.29) is 0 Å². The van der Waals surface area contributed by atoms with Crippen molar-refractivity contribution < 1.29 is 74.7 Å². The van der Waals surface area contributed by atoms with Gasteiger partial charge >= 0.3 is 0 Å². The first-order chi connectivity index (χ1) is 15.5. The molecule has 0 aromatic heterocycles. The molecule has 33 heavy (non-hydrogen) atoms. The summed E-state index contributed by atoms with van der Waals surface area (Å²) in [6, 6.07) is 0. The van der Waals surface area contributed by atoms with Crippen molar-refractivity contribution in [3.63, 3.8) is 0 Å². The summed E-state index contributed by atoms with van der Waals surface area (Å²) in [6.45, 7) is 0.177. The second-order valence-corrected chi connectivity index (χ2v) is 8.36. The van der Waals surface area contributed by atoms with Gasteiger partial charge in [-0.15, -0.1) is 0 Å². The first kappa shape index (κ1) is 27.0. The highest BCUT2D eigenvalue weighted by Gasteiger charge is 2.50. The van der Waals surface area contributed by atoms with Gasteiger partial charge in [0, 0.05) is 0 Å². The Labute approximate surface area is 187 Å². The van der Waals surface area contributed by atoms with Gasteiger partial charge in [0.25, 0.3) is 0 Å². The van der Waals surface area contributed by atoms with Crippen LogP contribution in [0.1, 0.15) is 6.92 Å². The monoisotopic (exact) mass is 488 g/mol. The van der Waals surface area contributed by atoms with E-state index in [4.69, 9.17) is 23.7 Å². The Hall–Kier alpha value is -0.600. The lowest BCUT2D eigenvalue weighted by Gasteiger charge is -2.45. The lowest BCUT2D eigenvalue weighted by molar-refractivity contribution is -0.359. The van der Waals surface area contributed by atoms with Crippen LogP contribution in [0, 0.1) is 0 Å². The summed E-state index contributed by atoms with van der Waals surface area (Å²) >= 11 is 0. The van der Waals surface area contributed by atoms with Crippen molar-refractivity contribution in [1.82, 2.24) is 0 Å². The predicted molar refractivity (Wildman–Crippen MR) is 99.8 cm³/mol. The van der Waals surface area contributed by atoms with Crippen molar-refractivity contribution in [3.8, 4) is 0 Å². The largest absolute Gasteiger partial charge is 0.394 e. The maximum Gasteiger partial charge on any atom is 0.187 e. The molecule has 0 amide bonds. The first-order valence-electron chi connectivity index (χ1n) is 10.4. The minimum atomic E-state index is -1.79. The van der Waals surface area contributed by atoms with Crippen molar-refractivity contribution in [2.45, 2.75) is 99.0 Å². The van der Waals surface area contributed by atoms with Crippen LogP contribution in [0.4, 0.5) is 0 Å². The summed E-state index contributed by atoms with van der Waals surface area (Å²) in [7, 11) is 0. The Balaban J connectivity index is 1.64. The topological polar surface area (TPSA) is 248 Å². The summed E-state index contributed by atoms with van der Waals surface area (Å²) in [4.78, 5) is 0. The zero-order valence-electron chi connectivity index (χ0n) is 17.6. The second-order valence-electron chi connectivity index (χ2n) is 8.36. The third-order valence-electron chi connectivity index (χ3n) is 6.03. The zero-order chi connectivity index (χ0) is 24.6. The van der Waals surface area contributed by atoms with Gasteiger partial charge in [-0.2, -0.15) is 0 Å². The average Bonchev–Trinajstić information content (AvgIpc) is 2.79. The number of hydrogen-bond donors (Lipinski definition) is 10. The van der Waals surface area contributed by atoms with Crippen molar-refractivity contribution in [1.29, 1.82) is 0 Å². The molecule has 3 fully saturated rings. The van der Waals surface area contributed by atoms with Crippen LogP contribution in [-0.2, 0) is 23.7 Å². The molecule has 3 rings (SSSR count). The Morgan fingerprint density at radius 2 is 1.15 bits per heavy atom. The van der Waals surface area contributed by atoms with E-state index in [0.29, 0.717) is 0 Å². The summed E-state index contributed by atoms with van der Waals surface area (Å²) in [5, 5.41) is 99.2. The van der Waals surface area contributed by atoms with Gasteiger partial charge in [0.2, 0.25) is 0 Å². The normalized spacial score (nSPS) is 53.7. The van der Waals surface area contributed by atoms with Gasteiger partial charge in [0.15, 0.2) is 18.9 Å². The Morgan fingerprint density at radius 3 is 1.76 bits per heavy atom. The Kier molecular flexibility index (Phi) is 8.99. The van der Waals surface area contributed by atoms with E-state index < -0.39 is 105 Å². The van der Waals surface area contributed by atoms with Crippen LogP contribution in [0.2, 0.25) is 0 Å². The van der Waals surface area contributed by atoms with Crippen molar-refractivity contribution in [2.75, 3.05) is 13.2 Å². The second kappa shape index (κ2) is 11.0. The molecule has 3 aliphatic rings. The van der Waals surface area contributed by atoms with Gasteiger partial charge in [-0.25, -0.2) is 0 Å². The fraction of sp³-hybridized carbons (Fsp3) is 1.00. The van der Waals surface area contributed by atoms with Crippen molar-refractivity contribution in [3.05, 3.63) is 0 Å². The molecule has 0 aromatic rings. The molecule has 1 unspecified atom stereocenters. The average molecular weight is 488 g/mol. The van der Waals surface area contributed by atoms with Gasteiger partial charge in [0.1, 0.15) is 67.1 Å². The van der Waals surface area contributed by atoms with Crippen LogP contribution in [-0.4, -0.2) is 156 Å². The number of aliphatic hydroxyl groups excluding tert-OH is 10. The van der Waals surface area contributed by atoms with Crippen molar-refractivity contribution >= 4 is 0 Å². The van der Waals surface area contributed by atoms with Gasteiger partial charge in [-0.05, 0) is 6.92 Å². The van der Waals surface area contributed by atoms with E-state index in [9.17, 15) is 51.1 Å². The smallest absolute Gasteiger partial charge is 0.187 e. The molecule has 10 N–H and O–H groups in total. The van der Waals surface area contributed by atoms with Gasteiger partial charge < -0.3 is 74.7 Å². The molecule has 0 radical (unpaired) electrons. The molecule has 15 heteroatoms. The van der Waals surface area contributed by atoms with Crippen LogP contribution in [0.25, 0.3) is 0 Å². The lowest BCUT2D eigenvalue weighted by Crippen LogP contribution is -2.64. The van der Waals surface area contributed by atoms with Gasteiger partial charge in [-0.3, -0.25) is 0 Å². The molecular formula is C18H32O15. The minimum Gasteiger partial charge on any atom is -0.394 e. The molecule has 0 aliphatic carbocycles. The van der Waals surface area contributed by atoms with E-state index in [1.807, 2.05) is 0 Å². The van der Waals surface area contributed by atoms with Crippen LogP contribution in [0.5, 0.6) is 0 Å². The van der Waals surface area contributed by atoms with Crippen LogP contribution >= 0.6 is 0 Å². The number of aliphatic hydroxyl groups is 10. The third kappa shape index (κ3) is 5.48. The summed E-state index contributed by atoms with van der Waals surface area (Å²) in [5.41, 5.74) is 0. The highest BCUT2D eigenvalue weighted by Crippen LogP contribution is 2.29. The fourth-order valence-corrected chi connectivity index (χ4v) is 3.93. The molecule has 15 nitrogen and oxygen atoms in total. The standard InChI is InChI=1S/C18H32O15/c1-4-15(11(24)12(25)16(28)30-4)33-18-14(27)10(23)8(21)6(32-18)3-29-17-13(26)9(22)7(20)5(2-19)31-17/h4-28H,2-3H2,1H3/t4-,5+,6+,7-,8-,9-,10-,11-,12+,13+,14+,15-,16?,17+,18-/m0/s1. The van der Waals surface area contributed by atoms with E-state index >= 15 is 0 Å². The maximum absolute atomic E-state index is 10.2. The summed E-state index contributed by atoms with van der Waals surface area (Å²) in [6.07, 6.45) is -23.3. The molecule has 194 valence electrons. The Morgan fingerprint density at radius 1 is 0.606 bits per heavy atom. The molecule has 0 saturated carbocycles. The van der Waals surface area contributed by atoms with E-state index in [0.717, 1.165) is 0 Å². The molecule has 0 bridgehead atoms. The summed E-state index contributed by atoms with van der Waals surface area (Å²) < 4.78 is 26.5. The molecule has 15 atom stereocenters. The maximum atomic E-state index is 10.2. The van der Waals surface area contributed by atoms with E-state index in [2.05, 4.69) is 0 Å². The van der Waals surface area contributed by atoms with Crippen LogP contribution < -0.4 is 0 Å². The molecule has 3 heterocycles. The molecular weight excluding hydrogens is 456 g/mol. The van der Waals surface area contributed by atoms with Crippen LogP contribution in [0.3, 0.4) is 0 Å². The Bertz CT molecular complexity index is 624.